The molecule has 0 spiro atoms. The van der Waals surface area contributed by atoms with Crippen molar-refractivity contribution in [2.75, 3.05) is 26.3 Å². The topological polar surface area (TPSA) is 96.9 Å². The zero-order valence-corrected chi connectivity index (χ0v) is 41.0. The van der Waals surface area contributed by atoms with Crippen molar-refractivity contribution in [1.82, 2.24) is 10.6 Å². The lowest BCUT2D eigenvalue weighted by Gasteiger charge is -2.10. The number of hydrogen-bond acceptors (Lipinski definition) is 7. The zero-order valence-electron chi connectivity index (χ0n) is 41.0. The molecule has 2 rings (SSSR count). The molecule has 2 aromatic rings. The molecule has 64 heavy (non-hydrogen) atoms. The first-order chi connectivity index (χ1) is 31.5. The minimum absolute atomic E-state index is 0.124. The molecule has 7 heteroatoms. The molecule has 0 heterocycles. The lowest BCUT2D eigenvalue weighted by molar-refractivity contribution is 0.103. The highest BCUT2D eigenvalue weighted by Gasteiger charge is 2.06. The SMILES string of the molecule is CCCCCCCCCCCCCCCCCCOc1ccc(C(=O)C=CNCC(O)CNC=CC(=O)c2ccc(OCCCCCCCCCCCCCCCCCC)cc2)cc1. The molecule has 0 saturated carbocycles. The number of aliphatic hydroxyl groups excluding tert-OH is 1. The van der Waals surface area contributed by atoms with Crippen molar-refractivity contribution in [2.24, 2.45) is 0 Å². The maximum absolute atomic E-state index is 12.6. The molecule has 2 aromatic carbocycles. The molecule has 0 aliphatic rings. The van der Waals surface area contributed by atoms with Crippen molar-refractivity contribution in [1.29, 1.82) is 0 Å². The lowest BCUT2D eigenvalue weighted by atomic mass is 10.0. The van der Waals surface area contributed by atoms with Gasteiger partial charge in [-0.15, -0.1) is 0 Å². The Hall–Kier alpha value is -3.58. The number of carbonyl (C=O) groups is 2. The number of aliphatic hydroxyl groups is 1. The van der Waals surface area contributed by atoms with Gasteiger partial charge in [0.15, 0.2) is 11.6 Å². The number of ketones is 2. The van der Waals surface area contributed by atoms with Crippen LogP contribution < -0.4 is 20.1 Å². The number of ether oxygens (including phenoxy) is 2. The van der Waals surface area contributed by atoms with Crippen LogP contribution in [0.15, 0.2) is 73.1 Å². The van der Waals surface area contributed by atoms with E-state index < -0.39 is 6.10 Å². The number of unbranched alkanes of at least 4 members (excludes halogenated alkanes) is 30. The number of carbonyl (C=O) groups excluding carboxylic acids is 2. The Labute approximate surface area is 392 Å². The molecule has 0 bridgehead atoms. The number of allylic oxidation sites excluding steroid dienone is 2. The molecule has 0 aliphatic carbocycles. The highest BCUT2D eigenvalue weighted by Crippen LogP contribution is 2.18. The first-order valence-corrected chi connectivity index (χ1v) is 26.6. The monoisotopic (exact) mass is 887 g/mol. The van der Waals surface area contributed by atoms with E-state index >= 15 is 0 Å². The molecule has 0 saturated heterocycles. The van der Waals surface area contributed by atoms with Gasteiger partial charge in [0.25, 0.3) is 0 Å². The van der Waals surface area contributed by atoms with Crippen LogP contribution in [0.1, 0.15) is 240 Å². The standard InChI is InChI=1S/C57H94N2O5/c1-3-5-7-9-11-13-15-17-19-21-23-25-27-29-31-33-47-63-54-39-35-51(36-40-54)56(61)43-45-58-49-53(60)50-59-46-44-57(62)52-37-41-55(42-38-52)64-48-34-32-30-28-26-24-22-20-18-16-14-12-10-8-6-4-2/h35-46,53,58-60H,3-34,47-50H2,1-2H3. The van der Waals surface area contributed by atoms with E-state index in [0.29, 0.717) is 24.3 Å². The van der Waals surface area contributed by atoms with Gasteiger partial charge in [-0.25, -0.2) is 0 Å². The van der Waals surface area contributed by atoms with Gasteiger partial charge in [-0.2, -0.15) is 0 Å². The summed E-state index contributed by atoms with van der Waals surface area (Å²) in [5.41, 5.74) is 1.16. The number of hydrogen-bond donors (Lipinski definition) is 3. The third kappa shape index (κ3) is 33.0. The summed E-state index contributed by atoms with van der Waals surface area (Å²) in [5, 5.41) is 16.3. The summed E-state index contributed by atoms with van der Waals surface area (Å²) in [4.78, 5) is 25.2. The minimum Gasteiger partial charge on any atom is -0.494 e. The molecule has 0 aromatic heterocycles. The van der Waals surface area contributed by atoms with E-state index in [4.69, 9.17) is 9.47 Å². The van der Waals surface area contributed by atoms with Gasteiger partial charge in [0.2, 0.25) is 0 Å². The molecule has 0 radical (unpaired) electrons. The van der Waals surface area contributed by atoms with Crippen molar-refractivity contribution >= 4 is 11.6 Å². The maximum Gasteiger partial charge on any atom is 0.187 e. The Morgan fingerprint density at radius 3 is 0.938 bits per heavy atom. The van der Waals surface area contributed by atoms with E-state index in [1.165, 1.54) is 205 Å². The quantitative estimate of drug-likeness (QED) is 0.0346. The Kier molecular flexibility index (Phi) is 37.2. The van der Waals surface area contributed by atoms with Crippen molar-refractivity contribution in [3.8, 4) is 11.5 Å². The van der Waals surface area contributed by atoms with Crippen LogP contribution in [0.3, 0.4) is 0 Å². The fraction of sp³-hybridized carbons (Fsp3) is 0.684. The van der Waals surface area contributed by atoms with Crippen molar-refractivity contribution in [3.63, 3.8) is 0 Å². The van der Waals surface area contributed by atoms with E-state index in [2.05, 4.69) is 24.5 Å². The molecular weight excluding hydrogens is 793 g/mol. The molecule has 0 fully saturated rings. The summed E-state index contributed by atoms with van der Waals surface area (Å²) in [6, 6.07) is 14.5. The predicted molar refractivity (Wildman–Crippen MR) is 272 cm³/mol. The summed E-state index contributed by atoms with van der Waals surface area (Å²) in [7, 11) is 0. The van der Waals surface area contributed by atoms with Gasteiger partial charge in [0, 0.05) is 48.8 Å². The Morgan fingerprint density at radius 2 is 0.672 bits per heavy atom. The second-order valence-corrected chi connectivity index (χ2v) is 18.2. The van der Waals surface area contributed by atoms with Crippen LogP contribution in [0.4, 0.5) is 0 Å². The second kappa shape index (κ2) is 42.1. The Bertz CT molecular complexity index is 1310. The molecule has 0 aliphatic heterocycles. The molecule has 0 amide bonds. The first-order valence-electron chi connectivity index (χ1n) is 26.6. The van der Waals surface area contributed by atoms with E-state index in [9.17, 15) is 14.7 Å². The summed E-state index contributed by atoms with van der Waals surface area (Å²) in [5.74, 6) is 1.32. The van der Waals surface area contributed by atoms with E-state index in [1.54, 1.807) is 36.7 Å². The Balaban J connectivity index is 1.42. The largest absolute Gasteiger partial charge is 0.494 e. The van der Waals surface area contributed by atoms with E-state index in [0.717, 1.165) is 24.3 Å². The molecule has 7 nitrogen and oxygen atoms in total. The lowest BCUT2D eigenvalue weighted by Crippen LogP contribution is -2.31. The van der Waals surface area contributed by atoms with Crippen LogP contribution in [0.25, 0.3) is 0 Å². The van der Waals surface area contributed by atoms with Gasteiger partial charge in [0.05, 0.1) is 19.3 Å². The minimum atomic E-state index is -0.712. The number of rotatable bonds is 46. The Morgan fingerprint density at radius 1 is 0.422 bits per heavy atom. The fourth-order valence-corrected chi connectivity index (χ4v) is 8.05. The zero-order chi connectivity index (χ0) is 45.8. The molecule has 3 N–H and O–H groups in total. The predicted octanol–water partition coefficient (Wildman–Crippen LogP) is 15.6. The van der Waals surface area contributed by atoms with Gasteiger partial charge >= 0.3 is 0 Å². The molecule has 0 atom stereocenters. The van der Waals surface area contributed by atoms with Gasteiger partial charge in [-0.1, -0.05) is 206 Å². The van der Waals surface area contributed by atoms with E-state index in [1.807, 2.05) is 24.3 Å². The first kappa shape index (κ1) is 56.5. The van der Waals surface area contributed by atoms with Crippen LogP contribution >= 0.6 is 0 Å². The molecule has 0 unspecified atom stereocenters. The van der Waals surface area contributed by atoms with Gasteiger partial charge in [-0.05, 0) is 61.4 Å². The summed E-state index contributed by atoms with van der Waals surface area (Å²) >= 11 is 0. The highest BCUT2D eigenvalue weighted by atomic mass is 16.5. The number of benzene rings is 2. The number of nitrogens with one attached hydrogen (secondary N) is 2. The van der Waals surface area contributed by atoms with Crippen LogP contribution in [0.5, 0.6) is 11.5 Å². The fourth-order valence-electron chi connectivity index (χ4n) is 8.05. The van der Waals surface area contributed by atoms with Crippen LogP contribution in [-0.2, 0) is 0 Å². The molecular formula is C57H94N2O5. The van der Waals surface area contributed by atoms with Crippen molar-refractivity contribution in [2.45, 2.75) is 225 Å². The summed E-state index contributed by atoms with van der Waals surface area (Å²) < 4.78 is 11.8. The average molecular weight is 887 g/mol. The van der Waals surface area contributed by atoms with Crippen LogP contribution in [0, 0.1) is 0 Å². The van der Waals surface area contributed by atoms with Crippen LogP contribution in [0.2, 0.25) is 0 Å². The van der Waals surface area contributed by atoms with E-state index in [-0.39, 0.29) is 24.7 Å². The highest BCUT2D eigenvalue weighted by molar-refractivity contribution is 6.05. The maximum atomic E-state index is 12.6. The van der Waals surface area contributed by atoms with Crippen molar-refractivity contribution in [3.05, 3.63) is 84.2 Å². The summed E-state index contributed by atoms with van der Waals surface area (Å²) in [6.45, 7) is 6.47. The van der Waals surface area contributed by atoms with Gasteiger partial charge in [0.1, 0.15) is 11.5 Å². The van der Waals surface area contributed by atoms with Gasteiger partial charge in [-0.3, -0.25) is 9.59 Å². The summed E-state index contributed by atoms with van der Waals surface area (Å²) in [6.07, 6.45) is 48.6. The van der Waals surface area contributed by atoms with Crippen LogP contribution in [-0.4, -0.2) is 49.1 Å². The van der Waals surface area contributed by atoms with Crippen molar-refractivity contribution < 1.29 is 24.2 Å². The molecule has 362 valence electrons. The average Bonchev–Trinajstić information content (AvgIpc) is 3.31. The van der Waals surface area contributed by atoms with Gasteiger partial charge < -0.3 is 25.2 Å². The third-order valence-electron chi connectivity index (χ3n) is 12.2. The second-order valence-electron chi connectivity index (χ2n) is 18.2. The normalized spacial score (nSPS) is 12.0. The third-order valence-corrected chi connectivity index (χ3v) is 12.2. The smallest absolute Gasteiger partial charge is 0.187 e.